The van der Waals surface area contributed by atoms with Gasteiger partial charge in [0.15, 0.2) is 0 Å². The van der Waals surface area contributed by atoms with Crippen molar-refractivity contribution in [1.29, 1.82) is 0 Å². The van der Waals surface area contributed by atoms with Crippen molar-refractivity contribution in [2.24, 2.45) is 0 Å². The monoisotopic (exact) mass is 681 g/mol. The Bertz CT molecular complexity index is 1610. The molecule has 0 heterocycles. The van der Waals surface area contributed by atoms with Gasteiger partial charge in [0, 0.05) is 36.2 Å². The molecule has 0 radical (unpaired) electrons. The van der Waals surface area contributed by atoms with Crippen molar-refractivity contribution < 1.29 is 14.4 Å². The molecule has 0 spiro atoms. The van der Waals surface area contributed by atoms with Crippen LogP contribution in [-0.4, -0.2) is 23.0 Å². The molecule has 10 heteroatoms. The van der Waals surface area contributed by atoms with Gasteiger partial charge in [0.25, 0.3) is 11.8 Å². The summed E-state index contributed by atoms with van der Waals surface area (Å²) in [4.78, 5) is 40.2. The molecule has 0 aliphatic rings. The number of benzene rings is 4. The van der Waals surface area contributed by atoms with Crippen LogP contribution in [0.25, 0.3) is 6.08 Å². The molecule has 3 amide bonds. The van der Waals surface area contributed by atoms with E-state index < -0.39 is 11.8 Å². The van der Waals surface area contributed by atoms with Gasteiger partial charge in [-0.2, -0.15) is 0 Å². The minimum atomic E-state index is -0.573. The van der Waals surface area contributed by atoms with Crippen LogP contribution in [0.5, 0.6) is 0 Å². The molecule has 6 nitrogen and oxygen atoms in total. The van der Waals surface area contributed by atoms with Crippen molar-refractivity contribution in [2.75, 3.05) is 10.6 Å². The minimum Gasteiger partial charge on any atom is -0.324 e. The SMILES string of the molecule is CCC(Sc1cccc(NC(=O)/C(=C\c2c(Cl)cccc2Cl)NC(=O)c2ccccc2)c1)C(=O)Nc1ccccc1Br. The third kappa shape index (κ3) is 8.49. The first-order chi connectivity index (χ1) is 20.2. The molecule has 4 rings (SSSR count). The van der Waals surface area contributed by atoms with Crippen molar-refractivity contribution in [2.45, 2.75) is 23.5 Å². The number of halogens is 3. The largest absolute Gasteiger partial charge is 0.324 e. The highest BCUT2D eigenvalue weighted by Crippen LogP contribution is 2.30. The second kappa shape index (κ2) is 15.1. The zero-order valence-corrected chi connectivity index (χ0v) is 26.3. The zero-order valence-electron chi connectivity index (χ0n) is 22.4. The number of rotatable bonds is 10. The Hall–Kier alpha value is -3.56. The number of hydrogen-bond acceptors (Lipinski definition) is 4. The molecule has 0 saturated heterocycles. The van der Waals surface area contributed by atoms with Crippen molar-refractivity contribution in [3.8, 4) is 0 Å². The summed E-state index contributed by atoms with van der Waals surface area (Å²) in [6.45, 7) is 1.94. The van der Waals surface area contributed by atoms with E-state index in [1.807, 2.05) is 37.3 Å². The van der Waals surface area contributed by atoms with Gasteiger partial charge in [-0.15, -0.1) is 11.8 Å². The highest BCUT2D eigenvalue weighted by atomic mass is 79.9. The van der Waals surface area contributed by atoms with Crippen LogP contribution in [-0.2, 0) is 9.59 Å². The average Bonchev–Trinajstić information content (AvgIpc) is 2.99. The molecule has 0 aromatic heterocycles. The normalized spacial score (nSPS) is 11.9. The first kappa shape index (κ1) is 31.4. The van der Waals surface area contributed by atoms with Crippen molar-refractivity contribution >= 4 is 86.1 Å². The predicted octanol–water partition coefficient (Wildman–Crippen LogP) is 8.67. The molecular weight excluding hydrogens is 657 g/mol. The molecular formula is C32H26BrCl2N3O3S. The summed E-state index contributed by atoms with van der Waals surface area (Å²) >= 11 is 17.5. The summed E-state index contributed by atoms with van der Waals surface area (Å²) in [6, 6.07) is 28.1. The molecule has 0 bridgehead atoms. The van der Waals surface area contributed by atoms with Crippen molar-refractivity contribution in [3.05, 3.63) is 128 Å². The number of nitrogens with one attached hydrogen (secondary N) is 3. The lowest BCUT2D eigenvalue weighted by Crippen LogP contribution is -2.30. The second-order valence-corrected chi connectivity index (χ2v) is 11.9. The van der Waals surface area contributed by atoms with Crippen LogP contribution >= 0.6 is 50.9 Å². The molecule has 42 heavy (non-hydrogen) atoms. The van der Waals surface area contributed by atoms with Crippen LogP contribution in [0, 0.1) is 0 Å². The van der Waals surface area contributed by atoms with Crippen LogP contribution in [0.4, 0.5) is 11.4 Å². The fourth-order valence-corrected chi connectivity index (χ4v) is 5.75. The number of carbonyl (C=O) groups is 3. The van der Waals surface area contributed by atoms with E-state index in [0.29, 0.717) is 39.0 Å². The van der Waals surface area contributed by atoms with Crippen molar-refractivity contribution in [1.82, 2.24) is 5.32 Å². The third-order valence-corrected chi connectivity index (χ3v) is 8.69. The first-order valence-electron chi connectivity index (χ1n) is 12.9. The van der Waals surface area contributed by atoms with Gasteiger partial charge >= 0.3 is 0 Å². The van der Waals surface area contributed by atoms with Crippen molar-refractivity contribution in [3.63, 3.8) is 0 Å². The first-order valence-corrected chi connectivity index (χ1v) is 15.3. The van der Waals surface area contributed by atoms with Crippen LogP contribution in [0.15, 0.2) is 112 Å². The molecule has 0 fully saturated rings. The number of amides is 3. The number of thioether (sulfide) groups is 1. The predicted molar refractivity (Wildman–Crippen MR) is 176 cm³/mol. The standard InChI is InChI=1S/C32H26BrCl2N3O3S/c1-2-29(32(41)37-27-17-7-6-14-24(27)33)42-22-13-8-12-21(18-22)36-31(40)28(19-23-25(34)15-9-16-26(23)35)38-30(39)20-10-4-3-5-11-20/h3-19,29H,2H2,1H3,(H,36,40)(H,37,41)(H,38,39)/b28-19+. The average molecular weight is 683 g/mol. The molecule has 214 valence electrons. The Morgan fingerprint density at radius 1 is 0.857 bits per heavy atom. The minimum absolute atomic E-state index is 0.0452. The quantitative estimate of drug-likeness (QED) is 0.115. The molecule has 1 atom stereocenters. The Morgan fingerprint density at radius 2 is 1.52 bits per heavy atom. The van der Waals surface area contributed by atoms with E-state index in [-0.39, 0.29) is 16.9 Å². The smallest absolute Gasteiger partial charge is 0.272 e. The lowest BCUT2D eigenvalue weighted by Gasteiger charge is -2.16. The molecule has 0 aliphatic carbocycles. The van der Waals surface area contributed by atoms with E-state index in [1.54, 1.807) is 66.7 Å². The van der Waals surface area contributed by atoms with Gasteiger partial charge in [0.2, 0.25) is 5.91 Å². The van der Waals surface area contributed by atoms with Gasteiger partial charge < -0.3 is 16.0 Å². The third-order valence-electron chi connectivity index (χ3n) is 5.98. The maximum absolute atomic E-state index is 13.5. The van der Waals surface area contributed by atoms with Gasteiger partial charge in [-0.25, -0.2) is 0 Å². The number of hydrogen-bond donors (Lipinski definition) is 3. The van der Waals surface area contributed by atoms with E-state index in [2.05, 4.69) is 31.9 Å². The Labute approximate surface area is 267 Å². The fourth-order valence-electron chi connectivity index (χ4n) is 3.84. The topological polar surface area (TPSA) is 87.3 Å². The van der Waals surface area contributed by atoms with Crippen LogP contribution in [0.2, 0.25) is 10.0 Å². The molecule has 1 unspecified atom stereocenters. The van der Waals surface area contributed by atoms with E-state index in [9.17, 15) is 14.4 Å². The Morgan fingerprint density at radius 3 is 2.21 bits per heavy atom. The van der Waals surface area contributed by atoms with Gasteiger partial charge in [-0.1, -0.05) is 72.6 Å². The van der Waals surface area contributed by atoms with Crippen LogP contribution in [0.3, 0.4) is 0 Å². The summed E-state index contributed by atoms with van der Waals surface area (Å²) in [5.74, 6) is -1.17. The molecule has 0 saturated carbocycles. The van der Waals surface area contributed by atoms with Gasteiger partial charge in [0.05, 0.1) is 10.9 Å². The summed E-state index contributed by atoms with van der Waals surface area (Å²) in [5.41, 5.74) is 1.90. The highest BCUT2D eigenvalue weighted by molar-refractivity contribution is 9.10. The number of anilines is 2. The number of para-hydroxylation sites is 1. The summed E-state index contributed by atoms with van der Waals surface area (Å²) < 4.78 is 0.796. The second-order valence-electron chi connectivity index (χ2n) is 8.98. The van der Waals surface area contributed by atoms with Gasteiger partial charge in [-0.05, 0) is 83.0 Å². The maximum atomic E-state index is 13.5. The zero-order chi connectivity index (χ0) is 30.1. The van der Waals surface area contributed by atoms with Crippen LogP contribution in [0.1, 0.15) is 29.3 Å². The van der Waals surface area contributed by atoms with E-state index in [0.717, 1.165) is 9.37 Å². The summed E-state index contributed by atoms with van der Waals surface area (Å²) in [7, 11) is 0. The maximum Gasteiger partial charge on any atom is 0.272 e. The fraction of sp³-hybridized carbons (Fsp3) is 0.0938. The lowest BCUT2D eigenvalue weighted by molar-refractivity contribution is -0.116. The lowest BCUT2D eigenvalue weighted by atomic mass is 10.1. The van der Waals surface area contributed by atoms with E-state index in [4.69, 9.17) is 23.2 Å². The Kier molecular flexibility index (Phi) is 11.3. The molecule has 3 N–H and O–H groups in total. The Balaban J connectivity index is 1.54. The molecule has 4 aromatic rings. The van der Waals surface area contributed by atoms with E-state index in [1.165, 1.54) is 17.8 Å². The summed E-state index contributed by atoms with van der Waals surface area (Å²) in [6.07, 6.45) is 2.03. The summed E-state index contributed by atoms with van der Waals surface area (Å²) in [5, 5.41) is 8.77. The van der Waals surface area contributed by atoms with Crippen LogP contribution < -0.4 is 16.0 Å². The number of carbonyl (C=O) groups excluding carboxylic acids is 3. The van der Waals surface area contributed by atoms with Gasteiger partial charge in [0.1, 0.15) is 5.70 Å². The molecule has 0 aliphatic heterocycles. The highest BCUT2D eigenvalue weighted by Gasteiger charge is 2.20. The van der Waals surface area contributed by atoms with Gasteiger partial charge in [-0.3, -0.25) is 14.4 Å². The van der Waals surface area contributed by atoms with E-state index >= 15 is 0 Å². The molecule has 4 aromatic carbocycles.